The summed E-state index contributed by atoms with van der Waals surface area (Å²) in [6.45, 7) is 7.61. The fourth-order valence-corrected chi connectivity index (χ4v) is 1.94. The molecule has 1 heterocycles. The van der Waals surface area contributed by atoms with Crippen molar-refractivity contribution in [1.82, 2.24) is 15.1 Å². The first-order valence-electron chi connectivity index (χ1n) is 7.21. The van der Waals surface area contributed by atoms with E-state index in [4.69, 9.17) is 11.6 Å². The normalized spacial score (nSPS) is 10.7. The molecule has 1 rings (SSSR count). The average molecular weight is 315 g/mol. The zero-order valence-electron chi connectivity index (χ0n) is 12.8. The molecule has 0 fully saturated rings. The number of aromatic nitrogens is 2. The molecule has 1 amide bonds. The van der Waals surface area contributed by atoms with Gasteiger partial charge < -0.3 is 10.6 Å². The first-order chi connectivity index (χ1) is 9.95. The Morgan fingerprint density at radius 1 is 1.43 bits per heavy atom. The molecule has 0 aromatic carbocycles. The van der Waals surface area contributed by atoms with Crippen LogP contribution >= 0.6 is 11.6 Å². The summed E-state index contributed by atoms with van der Waals surface area (Å²) in [6, 6.07) is 0. The number of rotatable bonds is 8. The van der Waals surface area contributed by atoms with Crippen molar-refractivity contribution in [1.29, 1.82) is 0 Å². The average Bonchev–Trinajstić information content (AvgIpc) is 2.43. The van der Waals surface area contributed by atoms with Crippen molar-refractivity contribution in [3.63, 3.8) is 0 Å². The van der Waals surface area contributed by atoms with E-state index in [2.05, 4.69) is 15.7 Å². The van der Waals surface area contributed by atoms with Crippen LogP contribution < -0.4 is 16.2 Å². The molecule has 7 heteroatoms. The van der Waals surface area contributed by atoms with Crippen LogP contribution in [0.2, 0.25) is 5.02 Å². The lowest BCUT2D eigenvalue weighted by atomic mass is 10.2. The van der Waals surface area contributed by atoms with Crippen LogP contribution in [0.3, 0.4) is 0 Å². The Labute approximate surface area is 129 Å². The van der Waals surface area contributed by atoms with Gasteiger partial charge in [-0.1, -0.05) is 32.4 Å². The Hall–Kier alpha value is -1.56. The fraction of sp³-hybridized carbons (Fsp3) is 0.643. The number of hydrogen-bond acceptors (Lipinski definition) is 4. The summed E-state index contributed by atoms with van der Waals surface area (Å²) < 4.78 is 1.35. The predicted molar refractivity (Wildman–Crippen MR) is 84.8 cm³/mol. The van der Waals surface area contributed by atoms with E-state index in [-0.39, 0.29) is 16.5 Å². The number of nitrogens with one attached hydrogen (secondary N) is 2. The van der Waals surface area contributed by atoms with Gasteiger partial charge in [-0.05, 0) is 12.3 Å². The quantitative estimate of drug-likeness (QED) is 0.768. The van der Waals surface area contributed by atoms with E-state index >= 15 is 0 Å². The first kappa shape index (κ1) is 17.5. The zero-order valence-corrected chi connectivity index (χ0v) is 13.5. The minimum Gasteiger partial charge on any atom is -0.382 e. The van der Waals surface area contributed by atoms with Crippen molar-refractivity contribution in [2.24, 2.45) is 5.92 Å². The van der Waals surface area contributed by atoms with E-state index < -0.39 is 0 Å². The second kappa shape index (κ2) is 8.67. The van der Waals surface area contributed by atoms with Gasteiger partial charge in [-0.15, -0.1) is 0 Å². The van der Waals surface area contributed by atoms with Gasteiger partial charge in [-0.2, -0.15) is 5.10 Å². The van der Waals surface area contributed by atoms with Crippen LogP contribution in [0.5, 0.6) is 0 Å². The van der Waals surface area contributed by atoms with E-state index in [1.54, 1.807) is 0 Å². The maximum absolute atomic E-state index is 12.0. The van der Waals surface area contributed by atoms with Gasteiger partial charge >= 0.3 is 0 Å². The van der Waals surface area contributed by atoms with E-state index in [9.17, 15) is 9.59 Å². The Kier molecular flexibility index (Phi) is 7.22. The summed E-state index contributed by atoms with van der Waals surface area (Å²) in [5.41, 5.74) is 0.149. The van der Waals surface area contributed by atoms with Crippen molar-refractivity contribution in [3.8, 4) is 0 Å². The zero-order chi connectivity index (χ0) is 15.8. The van der Waals surface area contributed by atoms with Gasteiger partial charge in [0.25, 0.3) is 5.56 Å². The van der Waals surface area contributed by atoms with Crippen molar-refractivity contribution < 1.29 is 4.79 Å². The molecule has 0 spiro atoms. The second-order valence-electron chi connectivity index (χ2n) is 5.28. The van der Waals surface area contributed by atoms with E-state index in [0.717, 1.165) is 6.42 Å². The Bertz CT molecular complexity index is 528. The van der Waals surface area contributed by atoms with Crippen LogP contribution in [0.25, 0.3) is 0 Å². The number of hydrogen-bond donors (Lipinski definition) is 2. The highest BCUT2D eigenvalue weighted by Crippen LogP contribution is 2.15. The maximum atomic E-state index is 12.0. The molecule has 0 saturated carbocycles. The van der Waals surface area contributed by atoms with Crippen LogP contribution in [-0.4, -0.2) is 28.8 Å². The lowest BCUT2D eigenvalue weighted by molar-refractivity contribution is -0.120. The molecule has 6 nitrogen and oxygen atoms in total. The minimum atomic E-state index is -0.314. The van der Waals surface area contributed by atoms with Gasteiger partial charge in [-0.25, -0.2) is 4.68 Å². The Morgan fingerprint density at radius 3 is 2.76 bits per heavy atom. The van der Waals surface area contributed by atoms with E-state index in [1.165, 1.54) is 10.9 Å². The number of carbonyl (C=O) groups excluding carboxylic acids is 1. The highest BCUT2D eigenvalue weighted by Gasteiger charge is 2.10. The van der Waals surface area contributed by atoms with Gasteiger partial charge in [0.2, 0.25) is 5.91 Å². The number of amides is 1. The van der Waals surface area contributed by atoms with Gasteiger partial charge in [0.15, 0.2) is 0 Å². The largest absolute Gasteiger partial charge is 0.382 e. The Morgan fingerprint density at radius 2 is 2.14 bits per heavy atom. The van der Waals surface area contributed by atoms with Crippen LogP contribution in [-0.2, 0) is 11.3 Å². The second-order valence-corrected chi connectivity index (χ2v) is 5.66. The molecule has 1 aromatic heterocycles. The van der Waals surface area contributed by atoms with Crippen molar-refractivity contribution in [2.45, 2.75) is 40.2 Å². The molecule has 118 valence electrons. The first-order valence-corrected chi connectivity index (χ1v) is 7.59. The standard InChI is InChI=1S/C14H23ClN4O2/c1-4-6-17-12(20)5-7-16-11-8-18-19(9-10(2)3)14(21)13(11)15/h8,10,16H,4-7,9H2,1-3H3,(H,17,20). The molecule has 0 aliphatic heterocycles. The minimum absolute atomic E-state index is 0.0263. The summed E-state index contributed by atoms with van der Waals surface area (Å²) in [5, 5.41) is 9.95. The smallest absolute Gasteiger partial charge is 0.287 e. The lowest BCUT2D eigenvalue weighted by Crippen LogP contribution is -2.28. The van der Waals surface area contributed by atoms with Crippen LogP contribution in [0.1, 0.15) is 33.6 Å². The van der Waals surface area contributed by atoms with E-state index in [0.29, 0.717) is 37.7 Å². The number of nitrogens with zero attached hydrogens (tertiary/aromatic N) is 2. The summed E-state index contributed by atoms with van der Waals surface area (Å²) in [5.74, 6) is 0.286. The molecule has 0 bridgehead atoms. The molecular formula is C14H23ClN4O2. The third-order valence-corrected chi connectivity index (χ3v) is 3.13. The van der Waals surface area contributed by atoms with Crippen LogP contribution in [0.15, 0.2) is 11.0 Å². The van der Waals surface area contributed by atoms with Gasteiger partial charge in [0.05, 0.1) is 11.9 Å². The summed E-state index contributed by atoms with van der Waals surface area (Å²) in [7, 11) is 0. The predicted octanol–water partition coefficient (Wildman–Crippen LogP) is 1.88. The summed E-state index contributed by atoms with van der Waals surface area (Å²) >= 11 is 6.04. The molecule has 0 aliphatic rings. The molecule has 21 heavy (non-hydrogen) atoms. The molecule has 0 saturated heterocycles. The molecule has 0 aliphatic carbocycles. The van der Waals surface area contributed by atoms with Crippen molar-refractivity contribution in [3.05, 3.63) is 21.6 Å². The maximum Gasteiger partial charge on any atom is 0.287 e. The molecule has 0 unspecified atom stereocenters. The molecular weight excluding hydrogens is 292 g/mol. The highest BCUT2D eigenvalue weighted by atomic mass is 35.5. The van der Waals surface area contributed by atoms with Crippen molar-refractivity contribution >= 4 is 23.2 Å². The lowest BCUT2D eigenvalue weighted by Gasteiger charge is -2.11. The topological polar surface area (TPSA) is 76.0 Å². The SMILES string of the molecule is CCCNC(=O)CCNc1cnn(CC(C)C)c(=O)c1Cl. The number of carbonyl (C=O) groups is 1. The fourth-order valence-electron chi connectivity index (χ4n) is 1.73. The van der Waals surface area contributed by atoms with Crippen LogP contribution in [0, 0.1) is 5.92 Å². The third-order valence-electron chi connectivity index (χ3n) is 2.76. The summed E-state index contributed by atoms with van der Waals surface area (Å²) in [4.78, 5) is 23.5. The molecule has 2 N–H and O–H groups in total. The third kappa shape index (κ3) is 5.75. The number of anilines is 1. The van der Waals surface area contributed by atoms with Gasteiger partial charge in [-0.3, -0.25) is 9.59 Å². The number of halogens is 1. The molecule has 1 aromatic rings. The monoisotopic (exact) mass is 314 g/mol. The van der Waals surface area contributed by atoms with Crippen LogP contribution in [0.4, 0.5) is 5.69 Å². The Balaban J connectivity index is 2.59. The summed E-state index contributed by atoms with van der Waals surface area (Å²) in [6.07, 6.45) is 2.75. The van der Waals surface area contributed by atoms with Gasteiger partial charge in [0, 0.05) is 26.1 Å². The highest BCUT2D eigenvalue weighted by molar-refractivity contribution is 6.32. The van der Waals surface area contributed by atoms with E-state index in [1.807, 2.05) is 20.8 Å². The molecule has 0 radical (unpaired) electrons. The van der Waals surface area contributed by atoms with Crippen molar-refractivity contribution in [2.75, 3.05) is 18.4 Å². The van der Waals surface area contributed by atoms with Gasteiger partial charge in [0.1, 0.15) is 5.02 Å². The molecule has 0 atom stereocenters.